The Morgan fingerprint density at radius 1 is 1.01 bits per heavy atom. The van der Waals surface area contributed by atoms with Crippen molar-refractivity contribution in [1.82, 2.24) is 9.47 Å². The molecule has 2 aliphatic heterocycles. The van der Waals surface area contributed by atoms with E-state index in [1.165, 1.54) is 58.8 Å². The number of aryl methyl sites for hydroxylation is 1. The van der Waals surface area contributed by atoms with Crippen molar-refractivity contribution in [3.63, 3.8) is 0 Å². The number of benzene rings is 1. The number of alkyl halides is 1. The van der Waals surface area contributed by atoms with Gasteiger partial charge >= 0.3 is 18.0 Å². The van der Waals surface area contributed by atoms with Crippen molar-refractivity contribution >= 4 is 46.2 Å². The minimum atomic E-state index is -2.19. The predicted molar refractivity (Wildman–Crippen MR) is 250 cm³/mol. The van der Waals surface area contributed by atoms with Gasteiger partial charge < -0.3 is 47.9 Å². The van der Waals surface area contributed by atoms with Crippen LogP contribution in [0.2, 0.25) is 0 Å². The number of halogens is 2. The number of carbonyl (C=O) groups is 5. The van der Waals surface area contributed by atoms with Crippen molar-refractivity contribution in [2.75, 3.05) is 31.6 Å². The molecule has 3 heterocycles. The number of aliphatic hydroxyl groups excluding tert-OH is 1. The number of pyridine rings is 1. The van der Waals surface area contributed by atoms with Crippen molar-refractivity contribution in [1.29, 1.82) is 0 Å². The second-order valence-electron chi connectivity index (χ2n) is 22.1. The van der Waals surface area contributed by atoms with Gasteiger partial charge in [0, 0.05) is 73.6 Å². The molecular formula is C52H65F2N3O13. The molecule has 0 spiro atoms. The van der Waals surface area contributed by atoms with Gasteiger partial charge in [0.05, 0.1) is 30.2 Å². The number of hydrogen-bond donors (Lipinski definition) is 1. The predicted octanol–water partition coefficient (Wildman–Crippen LogP) is 7.03. The largest absolute Gasteiger partial charge is 0.492 e. The number of aromatic nitrogens is 1. The minimum Gasteiger partial charge on any atom is -0.492 e. The number of ether oxygens (including phenoxy) is 6. The molecule has 70 heavy (non-hydrogen) atoms. The molecule has 0 radical (unpaired) electrons. The molecule has 1 aromatic heterocycles. The molecule has 6 fully saturated rings. The highest BCUT2D eigenvalue weighted by atomic mass is 19.1. The topological polar surface area (TPSA) is 189 Å². The first-order valence-electron chi connectivity index (χ1n) is 24.4. The van der Waals surface area contributed by atoms with Crippen LogP contribution in [0.1, 0.15) is 128 Å². The van der Waals surface area contributed by atoms with E-state index in [4.69, 9.17) is 28.4 Å². The number of amides is 1. The first kappa shape index (κ1) is 49.8. The molecule has 2 aromatic rings. The molecule has 16 nitrogen and oxygen atoms in total. The fourth-order valence-electron chi connectivity index (χ4n) is 13.8. The molecule has 1 amide bonds. The summed E-state index contributed by atoms with van der Waals surface area (Å²) in [6.45, 7) is 17.6. The summed E-state index contributed by atoms with van der Waals surface area (Å²) < 4.78 is 72.8. The van der Waals surface area contributed by atoms with Gasteiger partial charge in [-0.1, -0.05) is 18.6 Å². The summed E-state index contributed by atoms with van der Waals surface area (Å²) in [5.41, 5.74) is -8.58. The highest BCUT2D eigenvalue weighted by molar-refractivity contribution is 6.04. The number of rotatable bonds is 9. The number of methoxy groups -OCH3 is 1. The molecule has 1 N–H and O–H groups in total. The lowest BCUT2D eigenvalue weighted by Gasteiger charge is -2.63. The zero-order valence-electron chi connectivity index (χ0n) is 42.1. The lowest BCUT2D eigenvalue weighted by atomic mass is 9.44. The molecule has 5 aliphatic carbocycles. The number of hydrogen-bond acceptors (Lipinski definition) is 14. The van der Waals surface area contributed by atoms with E-state index in [0.717, 1.165) is 0 Å². The fourth-order valence-corrected chi connectivity index (χ4v) is 13.8. The van der Waals surface area contributed by atoms with Gasteiger partial charge in [0.2, 0.25) is 17.5 Å². The molecular weight excluding hydrogens is 913 g/mol. The Balaban J connectivity index is 1.06. The fraction of sp³-hybridized carbons (Fsp3) is 0.654. The van der Waals surface area contributed by atoms with Crippen LogP contribution in [0.4, 0.5) is 19.3 Å². The van der Waals surface area contributed by atoms with E-state index < -0.39 is 105 Å². The van der Waals surface area contributed by atoms with E-state index >= 15 is 13.6 Å². The summed E-state index contributed by atoms with van der Waals surface area (Å²) in [7, 11) is 1.38. The lowest BCUT2D eigenvalue weighted by Crippen LogP contribution is -2.71. The second-order valence-corrected chi connectivity index (χ2v) is 22.1. The van der Waals surface area contributed by atoms with Crippen LogP contribution in [0.25, 0.3) is 10.9 Å². The number of fused-ring (bicyclic) bond motifs is 8. The number of Topliss-reactive ketones (excluding diaryl/α,β-unsaturated/α-hetero) is 1. The maximum absolute atomic E-state index is 18.1. The Morgan fingerprint density at radius 2 is 1.70 bits per heavy atom. The van der Waals surface area contributed by atoms with Crippen LogP contribution < -0.4 is 15.1 Å². The van der Waals surface area contributed by atoms with Crippen LogP contribution in [0.5, 0.6) is 5.75 Å². The third-order valence-corrected chi connectivity index (χ3v) is 17.0. The maximum atomic E-state index is 18.1. The molecule has 10 atom stereocenters. The van der Waals surface area contributed by atoms with Crippen molar-refractivity contribution in [3.05, 3.63) is 56.7 Å². The second kappa shape index (κ2) is 16.4. The quantitative estimate of drug-likeness (QED) is 0.199. The van der Waals surface area contributed by atoms with Crippen LogP contribution in [0.15, 0.2) is 28.6 Å². The third-order valence-electron chi connectivity index (χ3n) is 17.0. The van der Waals surface area contributed by atoms with Crippen LogP contribution in [-0.4, -0.2) is 118 Å². The number of anilines is 1. The number of aliphatic hydroxyl groups is 1. The molecule has 9 rings (SSSR count). The van der Waals surface area contributed by atoms with E-state index in [1.54, 1.807) is 45.6 Å². The maximum Gasteiger partial charge on any atom is 0.413 e. The summed E-state index contributed by atoms with van der Waals surface area (Å²) in [6, 6.07) is -0.689. The van der Waals surface area contributed by atoms with E-state index in [0.29, 0.717) is 31.3 Å². The van der Waals surface area contributed by atoms with Crippen LogP contribution >= 0.6 is 0 Å². The number of piperazine rings is 1. The summed E-state index contributed by atoms with van der Waals surface area (Å²) in [5, 5.41) is 12.1. The van der Waals surface area contributed by atoms with Gasteiger partial charge in [-0.2, -0.15) is 0 Å². The van der Waals surface area contributed by atoms with E-state index in [1.807, 2.05) is 11.5 Å². The highest BCUT2D eigenvalue weighted by Crippen LogP contribution is 2.73. The van der Waals surface area contributed by atoms with Gasteiger partial charge in [0.15, 0.2) is 40.0 Å². The van der Waals surface area contributed by atoms with Crippen LogP contribution in [0.3, 0.4) is 0 Å². The Labute approximate surface area is 405 Å². The summed E-state index contributed by atoms with van der Waals surface area (Å²) in [6.07, 6.45) is 2.14. The standard InChI is InChI=1S/C52H65F2N3O13/c1-25-24-55(19-20-56(25)46(64)67-29(5)66-28(4)58)41-39(53)26(2)37-40(43(41)65-12)57(31-14-15-31)27(3)38(42(37)61)44(62)69-47(6,7)45(63)52-36(68-48(8,9)70-52)22-34-33-16-13-30-21-32(59)17-18-49(30,10)51(33,54)35(60)23-50(34,52)11/h17-18,21,25,29,31,33-36,60H,13-16,19-20,22-24H2,1-12H3/t25?,29?,33-,34-,35-,36+,49-,50-,51-,52-/m0/s1. The highest BCUT2D eigenvalue weighted by Gasteiger charge is 2.81. The van der Waals surface area contributed by atoms with E-state index in [-0.39, 0.29) is 83.5 Å². The Morgan fingerprint density at radius 3 is 2.33 bits per heavy atom. The zero-order valence-corrected chi connectivity index (χ0v) is 42.1. The molecule has 0 bridgehead atoms. The van der Waals surface area contributed by atoms with Gasteiger partial charge in [-0.25, -0.2) is 18.4 Å². The summed E-state index contributed by atoms with van der Waals surface area (Å²) >= 11 is 0. The number of carbonyl (C=O) groups excluding carboxylic acids is 5. The summed E-state index contributed by atoms with van der Waals surface area (Å²) in [5.74, 6) is -5.93. The number of nitrogens with zero attached hydrogens (tertiary/aromatic N) is 3. The van der Waals surface area contributed by atoms with Gasteiger partial charge in [-0.05, 0) is 112 Å². The monoisotopic (exact) mass is 977 g/mol. The van der Waals surface area contributed by atoms with Crippen molar-refractivity contribution in [3.8, 4) is 5.75 Å². The van der Waals surface area contributed by atoms with Crippen LogP contribution in [-0.2, 0) is 38.1 Å². The van der Waals surface area contributed by atoms with Gasteiger partial charge in [0.25, 0.3) is 0 Å². The molecule has 4 saturated carbocycles. The third kappa shape index (κ3) is 7.02. The van der Waals surface area contributed by atoms with E-state index in [2.05, 4.69) is 0 Å². The zero-order chi connectivity index (χ0) is 51.2. The molecule has 7 aliphatic rings. The first-order valence-corrected chi connectivity index (χ1v) is 24.4. The first-order chi connectivity index (χ1) is 32.6. The number of ketones is 2. The van der Waals surface area contributed by atoms with Crippen LogP contribution in [0, 0.1) is 42.3 Å². The normalized spacial score (nSPS) is 33.7. The van der Waals surface area contributed by atoms with E-state index in [9.17, 15) is 29.1 Å². The smallest absolute Gasteiger partial charge is 0.413 e. The minimum absolute atomic E-state index is 0.0426. The average Bonchev–Trinajstić information content (AvgIpc) is 4.01. The Bertz CT molecular complexity index is 2760. The van der Waals surface area contributed by atoms with Gasteiger partial charge in [-0.15, -0.1) is 0 Å². The number of esters is 2. The average molecular weight is 978 g/mol. The van der Waals surface area contributed by atoms with Crippen molar-refractivity contribution < 1.29 is 66.3 Å². The van der Waals surface area contributed by atoms with Crippen molar-refractivity contribution in [2.45, 2.75) is 168 Å². The lowest BCUT2D eigenvalue weighted by molar-refractivity contribution is -0.249. The molecule has 2 saturated heterocycles. The number of allylic oxidation sites excluding steroid dienone is 4. The molecule has 380 valence electrons. The van der Waals surface area contributed by atoms with Gasteiger partial charge in [-0.3, -0.25) is 19.2 Å². The Kier molecular flexibility index (Phi) is 11.7. The van der Waals surface area contributed by atoms with Gasteiger partial charge in [0.1, 0.15) is 11.3 Å². The molecule has 1 aromatic carbocycles. The van der Waals surface area contributed by atoms with Crippen molar-refractivity contribution in [2.24, 2.45) is 22.7 Å². The molecule has 18 heteroatoms. The SMILES string of the molecule is COc1c(N2CCN(C(=O)OC(C)OC(C)=O)C(C)C2)c(F)c(C)c2c(=O)c(C(=O)OC(C)(C)C(=O)[C@@]34OC(C)(C)O[C@@H]3C[C@H]3[C@@H]5CCC6=CC(=O)C=C[C@]6(C)[C@@]5(F)[C@@H](O)C[C@@]34C)c(C)n(C3CC3)c12. The Hall–Kier alpha value is -5.20. The molecule has 2 unspecified atom stereocenters. The summed E-state index contributed by atoms with van der Waals surface area (Å²) in [4.78, 5) is 85.5.